The molecule has 0 aromatic rings. The molecular weight excluding hydrogens is 129 g/mol. The first-order valence-corrected chi connectivity index (χ1v) is 4.28. The van der Waals surface area contributed by atoms with Gasteiger partial charge in [-0.1, -0.05) is 6.92 Å². The molecule has 1 heterocycles. The number of fused-ring (bicyclic) bond motifs is 2. The van der Waals surface area contributed by atoms with Crippen LogP contribution in [0.25, 0.3) is 0 Å². The quantitative estimate of drug-likeness (QED) is 0.499. The summed E-state index contributed by atoms with van der Waals surface area (Å²) in [6.07, 6.45) is 2.78. The van der Waals surface area contributed by atoms with Gasteiger partial charge in [0.15, 0.2) is 0 Å². The fourth-order valence-electron chi connectivity index (χ4n) is 2.17. The first kappa shape index (κ1) is 6.12. The van der Waals surface area contributed by atoms with Gasteiger partial charge in [-0.2, -0.15) is 0 Å². The van der Waals surface area contributed by atoms with Crippen molar-refractivity contribution in [1.82, 2.24) is 5.32 Å². The maximum Gasteiger partial charge on any atom is 0.00791 e. The molecule has 9 heavy (non-hydrogen) atoms. The molecule has 0 spiro atoms. The number of hydrogen-bond acceptors (Lipinski definition) is 1. The molecule has 2 fully saturated rings. The molecule has 0 aromatic heterocycles. The third-order valence-electron chi connectivity index (χ3n) is 2.84. The van der Waals surface area contributed by atoms with Crippen molar-refractivity contribution < 1.29 is 0 Å². The third-order valence-corrected chi connectivity index (χ3v) is 3.55. The van der Waals surface area contributed by atoms with E-state index in [1.54, 1.807) is 0 Å². The molecule has 1 N–H and O–H groups in total. The van der Waals surface area contributed by atoms with E-state index in [2.05, 4.69) is 21.5 Å². The zero-order valence-electron chi connectivity index (χ0n) is 5.85. The molecule has 52 valence electrons. The summed E-state index contributed by atoms with van der Waals surface area (Å²) in [5.41, 5.74) is 0. The standard InChI is InChI=1S/C7H14NP/c1-7(9)3-6-2-5(7)4-8-6/h5-6,8H,2-4,9H2,1H3. The Kier molecular flexibility index (Phi) is 1.16. The van der Waals surface area contributed by atoms with Gasteiger partial charge in [-0.25, -0.2) is 0 Å². The van der Waals surface area contributed by atoms with Crippen molar-refractivity contribution in [3.8, 4) is 0 Å². The van der Waals surface area contributed by atoms with Gasteiger partial charge in [-0.15, -0.1) is 9.24 Å². The van der Waals surface area contributed by atoms with Crippen molar-refractivity contribution in [3.05, 3.63) is 0 Å². The van der Waals surface area contributed by atoms with Crippen LogP contribution < -0.4 is 5.32 Å². The Balaban J connectivity index is 2.18. The van der Waals surface area contributed by atoms with Crippen molar-refractivity contribution in [2.75, 3.05) is 6.54 Å². The molecule has 1 aliphatic heterocycles. The highest BCUT2D eigenvalue weighted by atomic mass is 31.0. The van der Waals surface area contributed by atoms with Gasteiger partial charge in [0, 0.05) is 6.04 Å². The van der Waals surface area contributed by atoms with Crippen molar-refractivity contribution in [1.29, 1.82) is 0 Å². The lowest BCUT2D eigenvalue weighted by molar-refractivity contribution is 0.417. The van der Waals surface area contributed by atoms with Gasteiger partial charge in [-0.05, 0) is 30.5 Å². The summed E-state index contributed by atoms with van der Waals surface area (Å²) >= 11 is 0. The molecule has 1 saturated heterocycles. The predicted molar refractivity (Wildman–Crippen MR) is 42.6 cm³/mol. The lowest BCUT2D eigenvalue weighted by Gasteiger charge is -2.29. The molecule has 2 aliphatic rings. The Hall–Kier alpha value is 0.390. The highest BCUT2D eigenvalue weighted by Crippen LogP contribution is 2.45. The number of piperidine rings is 1. The average Bonchev–Trinajstić information content (AvgIpc) is 2.19. The van der Waals surface area contributed by atoms with Crippen LogP contribution in [0.5, 0.6) is 0 Å². The Morgan fingerprint density at radius 3 is 2.67 bits per heavy atom. The zero-order valence-corrected chi connectivity index (χ0v) is 7.01. The predicted octanol–water partition coefficient (Wildman–Crippen LogP) is 1.00. The maximum absolute atomic E-state index is 3.50. The first-order valence-electron chi connectivity index (χ1n) is 3.71. The minimum Gasteiger partial charge on any atom is -0.314 e. The highest BCUT2D eigenvalue weighted by Gasteiger charge is 2.44. The zero-order chi connectivity index (χ0) is 6.48. The van der Waals surface area contributed by atoms with E-state index in [1.807, 2.05) is 0 Å². The molecule has 2 heteroatoms. The summed E-state index contributed by atoms with van der Waals surface area (Å²) in [7, 11) is 3.00. The van der Waals surface area contributed by atoms with E-state index in [0.717, 1.165) is 12.0 Å². The van der Waals surface area contributed by atoms with Gasteiger partial charge < -0.3 is 5.32 Å². The molecule has 0 radical (unpaired) electrons. The average molecular weight is 143 g/mol. The largest absolute Gasteiger partial charge is 0.314 e. The van der Waals surface area contributed by atoms with Crippen LogP contribution in [0.4, 0.5) is 0 Å². The second kappa shape index (κ2) is 1.71. The van der Waals surface area contributed by atoms with E-state index in [1.165, 1.54) is 19.4 Å². The molecule has 1 aliphatic carbocycles. The van der Waals surface area contributed by atoms with Gasteiger partial charge in [0.05, 0.1) is 0 Å². The Bertz CT molecular complexity index is 133. The molecule has 0 aromatic carbocycles. The van der Waals surface area contributed by atoms with E-state index in [0.29, 0.717) is 5.16 Å². The second-order valence-corrected chi connectivity index (χ2v) is 5.07. The van der Waals surface area contributed by atoms with E-state index < -0.39 is 0 Å². The van der Waals surface area contributed by atoms with Crippen molar-refractivity contribution in [3.63, 3.8) is 0 Å². The van der Waals surface area contributed by atoms with Gasteiger partial charge in [0.25, 0.3) is 0 Å². The van der Waals surface area contributed by atoms with E-state index >= 15 is 0 Å². The van der Waals surface area contributed by atoms with Crippen LogP contribution in [0.15, 0.2) is 0 Å². The van der Waals surface area contributed by atoms with Crippen molar-refractivity contribution >= 4 is 9.24 Å². The number of rotatable bonds is 0. The summed E-state index contributed by atoms with van der Waals surface area (Å²) in [4.78, 5) is 0. The lowest BCUT2D eigenvalue weighted by Crippen LogP contribution is -2.36. The summed E-state index contributed by atoms with van der Waals surface area (Å²) < 4.78 is 0. The van der Waals surface area contributed by atoms with Crippen LogP contribution in [0, 0.1) is 5.92 Å². The Labute approximate surface area is 58.8 Å². The van der Waals surface area contributed by atoms with Crippen LogP contribution in [-0.4, -0.2) is 17.7 Å². The summed E-state index contributed by atoms with van der Waals surface area (Å²) in [6.45, 7) is 3.62. The van der Waals surface area contributed by atoms with Crippen LogP contribution in [0.2, 0.25) is 0 Å². The topological polar surface area (TPSA) is 12.0 Å². The highest BCUT2D eigenvalue weighted by molar-refractivity contribution is 7.19. The Morgan fingerprint density at radius 1 is 1.67 bits per heavy atom. The molecule has 4 unspecified atom stereocenters. The lowest BCUT2D eigenvalue weighted by atomic mass is 9.96. The fraction of sp³-hybridized carbons (Fsp3) is 1.00. The molecule has 1 nitrogen and oxygen atoms in total. The normalized spacial score (nSPS) is 56.7. The summed E-state index contributed by atoms with van der Waals surface area (Å²) in [5, 5.41) is 4.06. The van der Waals surface area contributed by atoms with Gasteiger partial charge in [-0.3, -0.25) is 0 Å². The van der Waals surface area contributed by atoms with E-state index in [4.69, 9.17) is 0 Å². The van der Waals surface area contributed by atoms with Crippen molar-refractivity contribution in [2.45, 2.75) is 31.0 Å². The SMILES string of the molecule is CC1(P)CC2CC1CN2. The van der Waals surface area contributed by atoms with Gasteiger partial charge in [0.1, 0.15) is 0 Å². The molecule has 4 atom stereocenters. The number of hydrogen-bond donors (Lipinski definition) is 1. The fourth-order valence-corrected chi connectivity index (χ4v) is 2.71. The Morgan fingerprint density at radius 2 is 2.44 bits per heavy atom. The third kappa shape index (κ3) is 0.824. The summed E-state index contributed by atoms with van der Waals surface area (Å²) in [6, 6.07) is 0.845. The second-order valence-electron chi connectivity index (χ2n) is 3.75. The van der Waals surface area contributed by atoms with Crippen LogP contribution in [0.3, 0.4) is 0 Å². The maximum atomic E-state index is 3.50. The first-order chi connectivity index (χ1) is 4.18. The molecule has 2 rings (SSSR count). The molecular formula is C7H14NP. The van der Waals surface area contributed by atoms with Crippen LogP contribution in [-0.2, 0) is 0 Å². The minimum atomic E-state index is 0.565. The smallest absolute Gasteiger partial charge is 0.00791 e. The van der Waals surface area contributed by atoms with Crippen LogP contribution in [0.1, 0.15) is 19.8 Å². The number of nitrogens with one attached hydrogen (secondary N) is 1. The van der Waals surface area contributed by atoms with Gasteiger partial charge >= 0.3 is 0 Å². The monoisotopic (exact) mass is 143 g/mol. The van der Waals surface area contributed by atoms with E-state index in [9.17, 15) is 0 Å². The molecule has 2 bridgehead atoms. The van der Waals surface area contributed by atoms with Crippen molar-refractivity contribution in [2.24, 2.45) is 5.92 Å². The molecule has 0 amide bonds. The van der Waals surface area contributed by atoms with Gasteiger partial charge in [0.2, 0.25) is 0 Å². The van der Waals surface area contributed by atoms with Crippen LogP contribution >= 0.6 is 9.24 Å². The van der Waals surface area contributed by atoms with E-state index in [-0.39, 0.29) is 0 Å². The minimum absolute atomic E-state index is 0.565. The molecule has 1 saturated carbocycles. The summed E-state index contributed by atoms with van der Waals surface area (Å²) in [5.74, 6) is 0.937.